The molecule has 0 aliphatic rings. The number of carbonyl (C=O) groups is 1. The topological polar surface area (TPSA) is 75.6 Å². The van der Waals surface area contributed by atoms with E-state index in [1.165, 1.54) is 0 Å². The molecule has 0 spiro atoms. The molecule has 0 aliphatic heterocycles. The number of aryl methyl sites for hydroxylation is 2. The molecule has 25 heavy (non-hydrogen) atoms. The van der Waals surface area contributed by atoms with Crippen molar-refractivity contribution in [3.63, 3.8) is 0 Å². The third-order valence-corrected chi connectivity index (χ3v) is 5.33. The summed E-state index contributed by atoms with van der Waals surface area (Å²) in [5, 5.41) is 14.5. The van der Waals surface area contributed by atoms with Crippen LogP contribution < -0.4 is 5.32 Å². The molecule has 0 aliphatic carbocycles. The van der Waals surface area contributed by atoms with Crippen LogP contribution in [0.4, 0.5) is 5.69 Å². The molecule has 2 N–H and O–H groups in total. The summed E-state index contributed by atoms with van der Waals surface area (Å²) in [6.45, 7) is 5.94. The van der Waals surface area contributed by atoms with Crippen molar-refractivity contribution >= 4 is 23.4 Å². The highest BCUT2D eigenvalue weighted by atomic mass is 32.2. The van der Waals surface area contributed by atoms with Crippen molar-refractivity contribution in [3.8, 4) is 0 Å². The van der Waals surface area contributed by atoms with Crippen LogP contribution in [0.3, 0.4) is 0 Å². The Hall–Kier alpha value is -2.54. The highest BCUT2D eigenvalue weighted by Gasteiger charge is 2.20. The summed E-state index contributed by atoms with van der Waals surface area (Å²) in [6.07, 6.45) is 4.17. The van der Waals surface area contributed by atoms with Crippen LogP contribution in [0.15, 0.2) is 52.5 Å². The molecule has 1 aromatic carbocycles. The summed E-state index contributed by atoms with van der Waals surface area (Å²) in [4.78, 5) is 14.8. The number of hydrogen-bond acceptors (Lipinski definition) is 4. The summed E-state index contributed by atoms with van der Waals surface area (Å²) < 4.78 is 1.69. The van der Waals surface area contributed by atoms with Gasteiger partial charge in [-0.2, -0.15) is 10.2 Å². The third kappa shape index (κ3) is 3.76. The maximum absolute atomic E-state index is 12.7. The Kier molecular flexibility index (Phi) is 5.23. The monoisotopic (exact) mass is 355 g/mol. The molecule has 7 heteroatoms. The Morgan fingerprint density at radius 1 is 1.32 bits per heavy atom. The van der Waals surface area contributed by atoms with Crippen LogP contribution in [-0.2, 0) is 4.79 Å². The summed E-state index contributed by atoms with van der Waals surface area (Å²) >= 11 is 1.60. The number of nitrogens with one attached hydrogen (secondary N) is 2. The minimum atomic E-state index is -0.328. The van der Waals surface area contributed by atoms with Crippen molar-refractivity contribution in [3.05, 3.63) is 54.1 Å². The van der Waals surface area contributed by atoms with E-state index in [0.717, 1.165) is 26.9 Å². The molecule has 3 rings (SSSR count). The van der Waals surface area contributed by atoms with Gasteiger partial charge >= 0.3 is 0 Å². The second-order valence-corrected chi connectivity index (χ2v) is 6.81. The van der Waals surface area contributed by atoms with Crippen LogP contribution in [0.1, 0.15) is 30.8 Å². The van der Waals surface area contributed by atoms with Gasteiger partial charge in [0, 0.05) is 23.0 Å². The fourth-order valence-electron chi connectivity index (χ4n) is 2.63. The Labute approximate surface area is 151 Å². The van der Waals surface area contributed by atoms with Gasteiger partial charge < -0.3 is 5.32 Å². The Morgan fingerprint density at radius 3 is 2.76 bits per heavy atom. The van der Waals surface area contributed by atoms with Gasteiger partial charge in [0.25, 0.3) is 0 Å². The summed E-state index contributed by atoms with van der Waals surface area (Å²) in [6, 6.07) is 9.30. The number of anilines is 1. The van der Waals surface area contributed by atoms with E-state index in [4.69, 9.17) is 0 Å². The Bertz CT molecular complexity index is 837. The van der Waals surface area contributed by atoms with Crippen LogP contribution in [0.2, 0.25) is 0 Å². The number of aromatic nitrogens is 4. The smallest absolute Gasteiger partial charge is 0.249 e. The van der Waals surface area contributed by atoms with Gasteiger partial charge in [-0.3, -0.25) is 14.6 Å². The second kappa shape index (κ2) is 7.57. The lowest BCUT2D eigenvalue weighted by Crippen LogP contribution is -2.26. The van der Waals surface area contributed by atoms with Gasteiger partial charge in [0.2, 0.25) is 5.91 Å². The fraction of sp³-hybridized carbons (Fsp3) is 0.278. The van der Waals surface area contributed by atoms with Crippen LogP contribution in [0.5, 0.6) is 0 Å². The first-order chi connectivity index (χ1) is 12.1. The highest BCUT2D eigenvalue weighted by molar-refractivity contribution is 7.99. The third-order valence-electron chi connectivity index (χ3n) is 3.95. The minimum Gasteiger partial charge on any atom is -0.323 e. The molecule has 0 saturated carbocycles. The van der Waals surface area contributed by atoms with Crippen molar-refractivity contribution in [2.24, 2.45) is 0 Å². The maximum Gasteiger partial charge on any atom is 0.249 e. The zero-order valence-electron chi connectivity index (χ0n) is 14.5. The molecule has 0 bridgehead atoms. The number of H-pyrrole nitrogens is 1. The molecule has 130 valence electrons. The molecule has 6 nitrogen and oxygen atoms in total. The first-order valence-corrected chi connectivity index (χ1v) is 9.00. The van der Waals surface area contributed by atoms with Crippen molar-refractivity contribution in [1.82, 2.24) is 20.0 Å². The number of amides is 1. The number of rotatable bonds is 6. The fourth-order valence-corrected chi connectivity index (χ4v) is 3.62. The lowest BCUT2D eigenvalue weighted by atomic mass is 10.2. The number of carbonyl (C=O) groups excluding carboxylic acids is 1. The normalized spacial score (nSPS) is 12.1. The van der Waals surface area contributed by atoms with Crippen LogP contribution in [-0.4, -0.2) is 25.9 Å². The molecule has 2 heterocycles. The average molecular weight is 355 g/mol. The standard InChI is InChI=1S/C18H21N5OS/c1-4-15(23-11-7-10-19-23)18(24)20-14-8-5-6-9-16(14)25-17-12(2)21-22-13(17)3/h5-11,15H,4H2,1-3H3,(H,20,24)(H,21,22). The van der Waals surface area contributed by atoms with E-state index in [1.807, 2.05) is 57.3 Å². The highest BCUT2D eigenvalue weighted by Crippen LogP contribution is 2.36. The molecular weight excluding hydrogens is 334 g/mol. The van der Waals surface area contributed by atoms with E-state index in [2.05, 4.69) is 20.6 Å². The van der Waals surface area contributed by atoms with Crippen LogP contribution >= 0.6 is 11.8 Å². The van der Waals surface area contributed by atoms with Gasteiger partial charge in [-0.25, -0.2) is 0 Å². The minimum absolute atomic E-state index is 0.0695. The van der Waals surface area contributed by atoms with Crippen molar-refractivity contribution in [2.75, 3.05) is 5.32 Å². The summed E-state index contributed by atoms with van der Waals surface area (Å²) in [7, 11) is 0. The van der Waals surface area contributed by atoms with E-state index >= 15 is 0 Å². The molecule has 1 atom stereocenters. The second-order valence-electron chi connectivity index (χ2n) is 5.76. The lowest BCUT2D eigenvalue weighted by molar-refractivity contribution is -0.119. The van der Waals surface area contributed by atoms with Gasteiger partial charge in [0.1, 0.15) is 6.04 Å². The SMILES string of the molecule is CCC(C(=O)Nc1ccccc1Sc1c(C)n[nH]c1C)n1cccn1. The van der Waals surface area contributed by atoms with E-state index < -0.39 is 0 Å². The quantitative estimate of drug-likeness (QED) is 0.702. The van der Waals surface area contributed by atoms with E-state index in [1.54, 1.807) is 22.6 Å². The molecule has 1 unspecified atom stereocenters. The molecule has 3 aromatic rings. The Morgan fingerprint density at radius 2 is 2.12 bits per heavy atom. The van der Waals surface area contributed by atoms with Gasteiger partial charge in [0.05, 0.1) is 16.3 Å². The molecule has 2 aromatic heterocycles. The molecule has 0 radical (unpaired) electrons. The predicted octanol–water partition coefficient (Wildman–Crippen LogP) is 3.96. The average Bonchev–Trinajstić information content (AvgIpc) is 3.23. The van der Waals surface area contributed by atoms with E-state index in [9.17, 15) is 4.79 Å². The molecular formula is C18H21N5OS. The predicted molar refractivity (Wildman–Crippen MR) is 98.8 cm³/mol. The van der Waals surface area contributed by atoms with Crippen molar-refractivity contribution in [1.29, 1.82) is 0 Å². The number of hydrogen-bond donors (Lipinski definition) is 2. The zero-order chi connectivity index (χ0) is 17.8. The van der Waals surface area contributed by atoms with E-state index in [-0.39, 0.29) is 11.9 Å². The zero-order valence-corrected chi connectivity index (χ0v) is 15.3. The Balaban J connectivity index is 1.82. The first-order valence-electron chi connectivity index (χ1n) is 8.18. The van der Waals surface area contributed by atoms with Crippen molar-refractivity contribution in [2.45, 2.75) is 43.0 Å². The first kappa shape index (κ1) is 17.3. The maximum atomic E-state index is 12.7. The lowest BCUT2D eigenvalue weighted by Gasteiger charge is -2.17. The van der Waals surface area contributed by atoms with Gasteiger partial charge in [-0.05, 0) is 38.5 Å². The molecule has 1 amide bonds. The number of benzene rings is 1. The number of para-hydroxylation sites is 1. The summed E-state index contributed by atoms with van der Waals surface area (Å²) in [5.74, 6) is -0.0695. The molecule has 0 fully saturated rings. The molecule has 0 saturated heterocycles. The largest absolute Gasteiger partial charge is 0.323 e. The van der Waals surface area contributed by atoms with Gasteiger partial charge in [0.15, 0.2) is 0 Å². The van der Waals surface area contributed by atoms with Crippen LogP contribution in [0.25, 0.3) is 0 Å². The van der Waals surface area contributed by atoms with Gasteiger partial charge in [-0.15, -0.1) is 0 Å². The number of nitrogens with zero attached hydrogens (tertiary/aromatic N) is 3. The van der Waals surface area contributed by atoms with E-state index in [0.29, 0.717) is 6.42 Å². The number of aromatic amines is 1. The van der Waals surface area contributed by atoms with Crippen molar-refractivity contribution < 1.29 is 4.79 Å². The van der Waals surface area contributed by atoms with Crippen LogP contribution in [0, 0.1) is 13.8 Å². The summed E-state index contributed by atoms with van der Waals surface area (Å²) in [5.41, 5.74) is 2.77. The van der Waals surface area contributed by atoms with Gasteiger partial charge in [-0.1, -0.05) is 30.8 Å².